The lowest BCUT2D eigenvalue weighted by molar-refractivity contribution is 0.0884. The highest BCUT2D eigenvalue weighted by Crippen LogP contribution is 2.33. The van der Waals surface area contributed by atoms with Gasteiger partial charge in [0.2, 0.25) is 0 Å². The normalized spacial score (nSPS) is 12.5. The first-order chi connectivity index (χ1) is 8.08. The van der Waals surface area contributed by atoms with Gasteiger partial charge in [0.1, 0.15) is 5.75 Å². The molecule has 0 aliphatic heterocycles. The van der Waals surface area contributed by atoms with Crippen LogP contribution in [-0.4, -0.2) is 29.5 Å². The van der Waals surface area contributed by atoms with Crippen molar-refractivity contribution in [3.8, 4) is 5.75 Å². The maximum Gasteiger partial charge on any atom is 0.141 e. The molecule has 0 aliphatic carbocycles. The predicted molar refractivity (Wildman–Crippen MR) is 69.0 cm³/mol. The van der Waals surface area contributed by atoms with Crippen LogP contribution in [0.2, 0.25) is 10.0 Å². The smallest absolute Gasteiger partial charge is 0.141 e. The number of ether oxygens (including phenoxy) is 1. The Kier molecular flexibility index (Phi) is 6.06. The first-order valence-corrected chi connectivity index (χ1v) is 6.23. The molecule has 1 unspecified atom stereocenters. The molecule has 0 fully saturated rings. The van der Waals surface area contributed by atoms with Gasteiger partial charge in [0, 0.05) is 5.02 Å². The van der Waals surface area contributed by atoms with E-state index in [1.54, 1.807) is 12.1 Å². The number of aliphatic hydroxyl groups is 2. The van der Waals surface area contributed by atoms with Crippen LogP contribution in [0.5, 0.6) is 5.75 Å². The first kappa shape index (κ1) is 14.6. The van der Waals surface area contributed by atoms with Crippen molar-refractivity contribution in [1.29, 1.82) is 0 Å². The molecular formula is C12H16Cl2O3. The zero-order valence-corrected chi connectivity index (χ0v) is 11.1. The van der Waals surface area contributed by atoms with Crippen molar-refractivity contribution >= 4 is 23.2 Å². The van der Waals surface area contributed by atoms with Gasteiger partial charge in [-0.2, -0.15) is 0 Å². The number of aryl methyl sites for hydroxylation is 1. The van der Waals surface area contributed by atoms with Crippen molar-refractivity contribution in [3.63, 3.8) is 0 Å². The van der Waals surface area contributed by atoms with Crippen LogP contribution in [0.4, 0.5) is 0 Å². The second kappa shape index (κ2) is 7.07. The van der Waals surface area contributed by atoms with E-state index < -0.39 is 6.10 Å². The summed E-state index contributed by atoms with van der Waals surface area (Å²) in [4.78, 5) is 0. The van der Waals surface area contributed by atoms with E-state index in [0.717, 1.165) is 5.56 Å². The van der Waals surface area contributed by atoms with Gasteiger partial charge >= 0.3 is 0 Å². The lowest BCUT2D eigenvalue weighted by Crippen LogP contribution is -2.13. The highest BCUT2D eigenvalue weighted by Gasteiger charge is 2.12. The fourth-order valence-electron chi connectivity index (χ4n) is 1.52. The molecule has 1 aromatic carbocycles. The van der Waals surface area contributed by atoms with Gasteiger partial charge < -0.3 is 14.9 Å². The molecule has 3 nitrogen and oxygen atoms in total. The minimum atomic E-state index is -0.734. The van der Waals surface area contributed by atoms with Gasteiger partial charge in [-0.15, -0.1) is 0 Å². The van der Waals surface area contributed by atoms with Crippen molar-refractivity contribution in [2.45, 2.75) is 25.9 Å². The van der Waals surface area contributed by atoms with Gasteiger partial charge in [-0.05, 0) is 37.5 Å². The Morgan fingerprint density at radius 1 is 1.35 bits per heavy atom. The van der Waals surface area contributed by atoms with Crippen molar-refractivity contribution in [2.24, 2.45) is 0 Å². The standard InChI is InChI=1S/C12H16Cl2O3/c1-2-17-12-8(3-4-10(16)7-15)5-9(13)6-11(12)14/h5-6,10,15-16H,2-4,7H2,1H3. The Balaban J connectivity index is 2.87. The van der Waals surface area contributed by atoms with Crippen LogP contribution in [0.3, 0.4) is 0 Å². The topological polar surface area (TPSA) is 49.7 Å². The van der Waals surface area contributed by atoms with Gasteiger partial charge in [0.15, 0.2) is 0 Å². The molecule has 1 rings (SSSR count). The molecular weight excluding hydrogens is 263 g/mol. The molecule has 0 heterocycles. The third-order valence-electron chi connectivity index (χ3n) is 2.33. The van der Waals surface area contributed by atoms with Crippen LogP contribution < -0.4 is 4.74 Å². The summed E-state index contributed by atoms with van der Waals surface area (Å²) < 4.78 is 5.45. The minimum Gasteiger partial charge on any atom is -0.492 e. The lowest BCUT2D eigenvalue weighted by atomic mass is 10.1. The molecule has 5 heteroatoms. The van der Waals surface area contributed by atoms with Gasteiger partial charge in [0.05, 0.1) is 24.3 Å². The number of hydrogen-bond donors (Lipinski definition) is 2. The van der Waals surface area contributed by atoms with Crippen LogP contribution in [-0.2, 0) is 6.42 Å². The summed E-state index contributed by atoms with van der Waals surface area (Å²) in [5, 5.41) is 19.1. The van der Waals surface area contributed by atoms with Crippen molar-refractivity contribution in [3.05, 3.63) is 27.7 Å². The molecule has 0 saturated heterocycles. The summed E-state index contributed by atoms with van der Waals surface area (Å²) >= 11 is 12.0. The Morgan fingerprint density at radius 2 is 2.06 bits per heavy atom. The summed E-state index contributed by atoms with van der Waals surface area (Å²) in [7, 11) is 0. The van der Waals surface area contributed by atoms with E-state index in [1.807, 2.05) is 6.92 Å². The van der Waals surface area contributed by atoms with E-state index in [1.165, 1.54) is 0 Å². The molecule has 0 aromatic heterocycles. The Hall–Kier alpha value is -0.480. The second-order valence-corrected chi connectivity index (χ2v) is 4.53. The quantitative estimate of drug-likeness (QED) is 0.841. The van der Waals surface area contributed by atoms with Gasteiger partial charge in [-0.1, -0.05) is 23.2 Å². The largest absolute Gasteiger partial charge is 0.492 e. The molecule has 2 N–H and O–H groups in total. The van der Waals surface area contributed by atoms with Crippen LogP contribution in [0.1, 0.15) is 18.9 Å². The molecule has 0 bridgehead atoms. The monoisotopic (exact) mass is 278 g/mol. The van der Waals surface area contributed by atoms with E-state index >= 15 is 0 Å². The second-order valence-electron chi connectivity index (χ2n) is 3.68. The minimum absolute atomic E-state index is 0.252. The summed E-state index contributed by atoms with van der Waals surface area (Å²) in [5.41, 5.74) is 0.844. The zero-order chi connectivity index (χ0) is 12.8. The molecule has 0 saturated carbocycles. The third-order valence-corrected chi connectivity index (χ3v) is 2.83. The molecule has 0 radical (unpaired) electrons. The molecule has 0 spiro atoms. The van der Waals surface area contributed by atoms with Gasteiger partial charge in [-0.3, -0.25) is 0 Å². The SMILES string of the molecule is CCOc1c(Cl)cc(Cl)cc1CCC(O)CO. The summed E-state index contributed by atoms with van der Waals surface area (Å²) in [5.74, 6) is 0.601. The molecule has 0 aliphatic rings. The molecule has 0 amide bonds. The van der Waals surface area contributed by atoms with E-state index in [2.05, 4.69) is 0 Å². The Morgan fingerprint density at radius 3 is 2.65 bits per heavy atom. The average Bonchev–Trinajstić information content (AvgIpc) is 2.29. The maximum absolute atomic E-state index is 9.32. The molecule has 1 atom stereocenters. The number of aliphatic hydroxyl groups excluding tert-OH is 2. The fraction of sp³-hybridized carbons (Fsp3) is 0.500. The maximum atomic E-state index is 9.32. The van der Waals surface area contributed by atoms with Crippen molar-refractivity contribution in [2.75, 3.05) is 13.2 Å². The Bertz CT molecular complexity index is 369. The van der Waals surface area contributed by atoms with Crippen LogP contribution in [0.25, 0.3) is 0 Å². The highest BCUT2D eigenvalue weighted by molar-refractivity contribution is 6.35. The van der Waals surface area contributed by atoms with E-state index in [4.69, 9.17) is 33.0 Å². The van der Waals surface area contributed by atoms with E-state index in [9.17, 15) is 5.11 Å². The number of rotatable bonds is 6. The van der Waals surface area contributed by atoms with Crippen LogP contribution >= 0.6 is 23.2 Å². The first-order valence-electron chi connectivity index (χ1n) is 5.48. The number of hydrogen-bond acceptors (Lipinski definition) is 3. The lowest BCUT2D eigenvalue weighted by Gasteiger charge is -2.14. The van der Waals surface area contributed by atoms with E-state index in [0.29, 0.717) is 35.2 Å². The highest BCUT2D eigenvalue weighted by atomic mass is 35.5. The number of benzene rings is 1. The predicted octanol–water partition coefficient (Wildman–Crippen LogP) is 2.68. The summed E-state index contributed by atoms with van der Waals surface area (Å²) in [6, 6.07) is 3.39. The van der Waals surface area contributed by atoms with Crippen LogP contribution in [0, 0.1) is 0 Å². The molecule has 17 heavy (non-hydrogen) atoms. The summed E-state index contributed by atoms with van der Waals surface area (Å²) in [6.45, 7) is 2.13. The fourth-order valence-corrected chi connectivity index (χ4v) is 2.11. The average molecular weight is 279 g/mol. The van der Waals surface area contributed by atoms with Crippen molar-refractivity contribution < 1.29 is 14.9 Å². The Labute approximate surface area is 111 Å². The van der Waals surface area contributed by atoms with Gasteiger partial charge in [-0.25, -0.2) is 0 Å². The van der Waals surface area contributed by atoms with Crippen LogP contribution in [0.15, 0.2) is 12.1 Å². The number of halogens is 2. The third kappa shape index (κ3) is 4.36. The summed E-state index contributed by atoms with van der Waals surface area (Å²) in [6.07, 6.45) is 0.257. The molecule has 96 valence electrons. The van der Waals surface area contributed by atoms with Gasteiger partial charge in [0.25, 0.3) is 0 Å². The molecule has 1 aromatic rings. The van der Waals surface area contributed by atoms with Crippen molar-refractivity contribution in [1.82, 2.24) is 0 Å². The van der Waals surface area contributed by atoms with E-state index in [-0.39, 0.29) is 6.61 Å². The zero-order valence-electron chi connectivity index (χ0n) is 9.62.